The van der Waals surface area contributed by atoms with Crippen LogP contribution in [0.25, 0.3) is 11.1 Å². The van der Waals surface area contributed by atoms with Gasteiger partial charge < -0.3 is 5.32 Å². The molecule has 0 saturated carbocycles. The highest BCUT2D eigenvalue weighted by atomic mass is 14.8. The molecule has 0 atom stereocenters. The molecule has 2 aromatic carbocycles. The SMILES string of the molecule is CCNCc1ccc(-c2cc(C)c(C)cc2C)cc1. The van der Waals surface area contributed by atoms with Gasteiger partial charge in [0.25, 0.3) is 0 Å². The zero-order valence-corrected chi connectivity index (χ0v) is 12.4. The third kappa shape index (κ3) is 3.24. The summed E-state index contributed by atoms with van der Waals surface area (Å²) in [4.78, 5) is 0. The maximum atomic E-state index is 3.35. The number of hydrogen-bond acceptors (Lipinski definition) is 1. The Hall–Kier alpha value is -1.60. The molecule has 0 aromatic heterocycles. The minimum atomic E-state index is 0.947. The monoisotopic (exact) mass is 253 g/mol. The molecule has 0 aliphatic rings. The van der Waals surface area contributed by atoms with Gasteiger partial charge in [0.1, 0.15) is 0 Å². The third-order valence-electron chi connectivity index (χ3n) is 3.68. The quantitative estimate of drug-likeness (QED) is 0.852. The summed E-state index contributed by atoms with van der Waals surface area (Å²) < 4.78 is 0. The summed E-state index contributed by atoms with van der Waals surface area (Å²) in [6.07, 6.45) is 0. The summed E-state index contributed by atoms with van der Waals surface area (Å²) in [6.45, 7) is 10.6. The van der Waals surface area contributed by atoms with Gasteiger partial charge >= 0.3 is 0 Å². The number of aryl methyl sites for hydroxylation is 3. The molecular formula is C18H23N. The molecule has 1 N–H and O–H groups in total. The van der Waals surface area contributed by atoms with E-state index in [4.69, 9.17) is 0 Å². The lowest BCUT2D eigenvalue weighted by Crippen LogP contribution is -2.11. The van der Waals surface area contributed by atoms with E-state index in [1.54, 1.807) is 0 Å². The van der Waals surface area contributed by atoms with Crippen LogP contribution in [-0.2, 0) is 6.54 Å². The normalized spacial score (nSPS) is 10.7. The van der Waals surface area contributed by atoms with Crippen LogP contribution in [-0.4, -0.2) is 6.54 Å². The van der Waals surface area contributed by atoms with Gasteiger partial charge in [-0.3, -0.25) is 0 Å². The van der Waals surface area contributed by atoms with E-state index in [1.807, 2.05) is 0 Å². The number of rotatable bonds is 4. The summed E-state index contributed by atoms with van der Waals surface area (Å²) in [5.74, 6) is 0. The molecule has 0 spiro atoms. The average molecular weight is 253 g/mol. The zero-order valence-electron chi connectivity index (χ0n) is 12.4. The number of hydrogen-bond donors (Lipinski definition) is 1. The number of nitrogens with one attached hydrogen (secondary N) is 1. The summed E-state index contributed by atoms with van der Waals surface area (Å²) in [5, 5.41) is 3.35. The van der Waals surface area contributed by atoms with Crippen LogP contribution in [0.2, 0.25) is 0 Å². The molecule has 0 aliphatic heterocycles. The molecule has 19 heavy (non-hydrogen) atoms. The van der Waals surface area contributed by atoms with E-state index < -0.39 is 0 Å². The fourth-order valence-electron chi connectivity index (χ4n) is 2.34. The van der Waals surface area contributed by atoms with Crippen LogP contribution in [0.3, 0.4) is 0 Å². The first-order valence-corrected chi connectivity index (χ1v) is 6.99. The molecule has 0 unspecified atom stereocenters. The molecule has 0 radical (unpaired) electrons. The lowest BCUT2D eigenvalue weighted by molar-refractivity contribution is 0.727. The van der Waals surface area contributed by atoms with Gasteiger partial charge in [-0.2, -0.15) is 0 Å². The second-order valence-electron chi connectivity index (χ2n) is 5.23. The Morgan fingerprint density at radius 3 is 2.11 bits per heavy atom. The van der Waals surface area contributed by atoms with Crippen LogP contribution < -0.4 is 5.32 Å². The topological polar surface area (TPSA) is 12.0 Å². The van der Waals surface area contributed by atoms with Gasteiger partial charge in [0.2, 0.25) is 0 Å². The molecule has 100 valence electrons. The first-order chi connectivity index (χ1) is 9.11. The highest BCUT2D eigenvalue weighted by Crippen LogP contribution is 2.26. The fourth-order valence-corrected chi connectivity index (χ4v) is 2.34. The highest BCUT2D eigenvalue weighted by Gasteiger charge is 2.04. The lowest BCUT2D eigenvalue weighted by Gasteiger charge is -2.11. The second-order valence-corrected chi connectivity index (χ2v) is 5.23. The molecule has 0 heterocycles. The molecule has 1 heteroatoms. The van der Waals surface area contributed by atoms with E-state index in [-0.39, 0.29) is 0 Å². The van der Waals surface area contributed by atoms with E-state index in [1.165, 1.54) is 33.4 Å². The largest absolute Gasteiger partial charge is 0.313 e. The third-order valence-corrected chi connectivity index (χ3v) is 3.68. The molecular weight excluding hydrogens is 230 g/mol. The standard InChI is InChI=1S/C18H23N/c1-5-19-12-16-6-8-17(9-7-16)18-11-14(3)13(2)10-15(18)4/h6-11,19H,5,12H2,1-4H3. The maximum absolute atomic E-state index is 3.35. The van der Waals surface area contributed by atoms with Crippen molar-refractivity contribution in [3.05, 3.63) is 58.7 Å². The van der Waals surface area contributed by atoms with Crippen molar-refractivity contribution < 1.29 is 0 Å². The molecule has 2 rings (SSSR count). The minimum absolute atomic E-state index is 0.947. The van der Waals surface area contributed by atoms with Crippen molar-refractivity contribution in [3.63, 3.8) is 0 Å². The molecule has 0 amide bonds. The smallest absolute Gasteiger partial charge is 0.0205 e. The number of benzene rings is 2. The minimum Gasteiger partial charge on any atom is -0.313 e. The molecule has 0 saturated heterocycles. The van der Waals surface area contributed by atoms with Crippen LogP contribution in [0.4, 0.5) is 0 Å². The molecule has 0 fully saturated rings. The van der Waals surface area contributed by atoms with Gasteiger partial charge in [0, 0.05) is 6.54 Å². The van der Waals surface area contributed by atoms with E-state index in [2.05, 4.69) is 69.4 Å². The Bertz CT molecular complexity index is 553. The van der Waals surface area contributed by atoms with Gasteiger partial charge in [-0.05, 0) is 60.7 Å². The fraction of sp³-hybridized carbons (Fsp3) is 0.333. The Balaban J connectivity index is 2.29. The van der Waals surface area contributed by atoms with E-state index in [0.29, 0.717) is 0 Å². The maximum Gasteiger partial charge on any atom is 0.0205 e. The first kappa shape index (κ1) is 13.8. The van der Waals surface area contributed by atoms with Gasteiger partial charge in [-0.15, -0.1) is 0 Å². The van der Waals surface area contributed by atoms with Crippen LogP contribution in [0.15, 0.2) is 36.4 Å². The molecule has 0 aliphatic carbocycles. The first-order valence-electron chi connectivity index (χ1n) is 6.99. The van der Waals surface area contributed by atoms with Crippen LogP contribution in [0.5, 0.6) is 0 Å². The zero-order chi connectivity index (χ0) is 13.8. The summed E-state index contributed by atoms with van der Waals surface area (Å²) in [7, 11) is 0. The second kappa shape index (κ2) is 6.03. The summed E-state index contributed by atoms with van der Waals surface area (Å²) >= 11 is 0. The highest BCUT2D eigenvalue weighted by molar-refractivity contribution is 5.68. The van der Waals surface area contributed by atoms with Crippen LogP contribution >= 0.6 is 0 Å². The molecule has 2 aromatic rings. The van der Waals surface area contributed by atoms with E-state index in [9.17, 15) is 0 Å². The van der Waals surface area contributed by atoms with E-state index in [0.717, 1.165) is 13.1 Å². The van der Waals surface area contributed by atoms with Crippen molar-refractivity contribution in [1.82, 2.24) is 5.32 Å². The molecule has 0 bridgehead atoms. The predicted octanol–water partition coefficient (Wildman–Crippen LogP) is 4.39. The van der Waals surface area contributed by atoms with Crippen LogP contribution in [0.1, 0.15) is 29.2 Å². The Morgan fingerprint density at radius 2 is 1.47 bits per heavy atom. The average Bonchev–Trinajstić information content (AvgIpc) is 2.41. The van der Waals surface area contributed by atoms with Crippen molar-refractivity contribution >= 4 is 0 Å². The van der Waals surface area contributed by atoms with Crippen molar-refractivity contribution in [2.24, 2.45) is 0 Å². The van der Waals surface area contributed by atoms with Crippen molar-refractivity contribution in [1.29, 1.82) is 0 Å². The van der Waals surface area contributed by atoms with Crippen molar-refractivity contribution in [3.8, 4) is 11.1 Å². The summed E-state index contributed by atoms with van der Waals surface area (Å²) in [6, 6.07) is 13.5. The van der Waals surface area contributed by atoms with Gasteiger partial charge in [-0.25, -0.2) is 0 Å². The Labute approximate surface area is 116 Å². The predicted molar refractivity (Wildman–Crippen MR) is 83.5 cm³/mol. The summed E-state index contributed by atoms with van der Waals surface area (Å²) in [5.41, 5.74) is 8.07. The van der Waals surface area contributed by atoms with Crippen molar-refractivity contribution in [2.75, 3.05) is 6.54 Å². The lowest BCUT2D eigenvalue weighted by atomic mass is 9.95. The van der Waals surface area contributed by atoms with Crippen LogP contribution in [0, 0.1) is 20.8 Å². The van der Waals surface area contributed by atoms with Gasteiger partial charge in [0.05, 0.1) is 0 Å². The van der Waals surface area contributed by atoms with E-state index >= 15 is 0 Å². The van der Waals surface area contributed by atoms with Gasteiger partial charge in [-0.1, -0.05) is 43.3 Å². The van der Waals surface area contributed by atoms with Gasteiger partial charge in [0.15, 0.2) is 0 Å². The van der Waals surface area contributed by atoms with Crippen molar-refractivity contribution in [2.45, 2.75) is 34.2 Å². The Morgan fingerprint density at radius 1 is 0.842 bits per heavy atom. The Kier molecular flexibility index (Phi) is 4.39. The molecule has 1 nitrogen and oxygen atoms in total.